The highest BCUT2D eigenvalue weighted by Crippen LogP contribution is 2.47. The molecule has 6 atom stereocenters. The second-order valence-electron chi connectivity index (χ2n) is 31.6. The van der Waals surface area contributed by atoms with Crippen LogP contribution in [0.4, 0.5) is 11.4 Å². The Hall–Kier alpha value is -8.77. The predicted octanol–water partition coefficient (Wildman–Crippen LogP) is 8.64. The maximum Gasteiger partial charge on any atom is 0.331 e. The molecule has 1 saturated carbocycles. The number of aliphatic carboxylic acids is 1. The van der Waals surface area contributed by atoms with E-state index in [1.54, 1.807) is 58.3 Å². The summed E-state index contributed by atoms with van der Waals surface area (Å²) in [7, 11) is 3.18. The van der Waals surface area contributed by atoms with Crippen molar-refractivity contribution in [3.05, 3.63) is 113 Å². The zero-order valence-corrected chi connectivity index (χ0v) is 64.7. The topological polar surface area (TPSA) is 337 Å². The first kappa shape index (κ1) is 85.9. The number of carboxylic acid groups (broad SMARTS) is 1. The molecule has 1 saturated heterocycles. The molecule has 6 unspecified atom stereocenters. The number of benzene rings is 3. The second-order valence-corrected chi connectivity index (χ2v) is 31.6. The number of hydrogen-bond acceptors (Lipinski definition) is 13. The van der Waals surface area contributed by atoms with Crippen LogP contribution in [-0.4, -0.2) is 162 Å². The third kappa shape index (κ3) is 24.1. The molecule has 10 N–H and O–H groups in total. The summed E-state index contributed by atoms with van der Waals surface area (Å²) in [6.45, 7) is 32.8. The van der Waals surface area contributed by atoms with Gasteiger partial charge in [0.15, 0.2) is 0 Å². The van der Waals surface area contributed by atoms with E-state index in [9.17, 15) is 57.8 Å². The van der Waals surface area contributed by atoms with Crippen molar-refractivity contribution in [3.63, 3.8) is 0 Å². The van der Waals surface area contributed by atoms with E-state index in [-0.39, 0.29) is 78.6 Å². The fourth-order valence-electron chi connectivity index (χ4n) is 13.8. The summed E-state index contributed by atoms with van der Waals surface area (Å²) < 4.78 is 6.28. The van der Waals surface area contributed by atoms with E-state index < -0.39 is 112 Å². The molecule has 572 valence electrons. The fourth-order valence-corrected chi connectivity index (χ4v) is 13.8. The highest BCUT2D eigenvalue weighted by Gasteiger charge is 2.45. The Kier molecular flexibility index (Phi) is 31.2. The van der Waals surface area contributed by atoms with Gasteiger partial charge >= 0.3 is 5.97 Å². The van der Waals surface area contributed by atoms with Gasteiger partial charge in [0.25, 0.3) is 0 Å². The van der Waals surface area contributed by atoms with Crippen molar-refractivity contribution in [1.82, 2.24) is 41.7 Å². The van der Waals surface area contributed by atoms with Crippen molar-refractivity contribution < 1.29 is 62.6 Å². The van der Waals surface area contributed by atoms with Gasteiger partial charge in [-0.2, -0.15) is 0 Å². The first-order chi connectivity index (χ1) is 48.6. The van der Waals surface area contributed by atoms with Gasteiger partial charge in [0, 0.05) is 79.8 Å². The van der Waals surface area contributed by atoms with E-state index >= 15 is 0 Å². The number of rotatable bonds is 36. The summed E-state index contributed by atoms with van der Waals surface area (Å²) in [5, 5.41) is 29.2. The number of amides is 10. The van der Waals surface area contributed by atoms with E-state index in [0.29, 0.717) is 31.6 Å². The SMILES string of the molecule is C=Cc1ccccc1CN(C(=O)CCNC(=O)C1CCC2(CC1)CCN(C(=O)C(C)(C)CCOC(C)(C)CCC(=O)NC(C)C(=O)NC(C)C(=O)NC(CC(N)=O)C(=O)Nc1cccc(C(C)(C)C(NC)C(=O)NC(C(=O)N(C)C(/C=C(\C)C(=O)O)C(C)C)C(C)(C)C)c1)CC2)c1ccccc1CC. The number of piperidine rings is 1. The van der Waals surface area contributed by atoms with Crippen LogP contribution in [0.2, 0.25) is 0 Å². The van der Waals surface area contributed by atoms with E-state index in [4.69, 9.17) is 10.5 Å². The number of hydrogen-bond donors (Lipinski definition) is 9. The zero-order valence-electron chi connectivity index (χ0n) is 64.7. The monoisotopic (exact) mass is 1440 g/mol. The minimum absolute atomic E-state index is 0.00326. The van der Waals surface area contributed by atoms with Gasteiger partial charge in [-0.1, -0.05) is 143 Å². The zero-order chi connectivity index (χ0) is 77.8. The Labute approximate surface area is 616 Å². The molecular weight excluding hydrogens is 1320 g/mol. The summed E-state index contributed by atoms with van der Waals surface area (Å²) >= 11 is 0. The number of nitrogens with one attached hydrogen (secondary N) is 7. The summed E-state index contributed by atoms with van der Waals surface area (Å²) in [6.07, 6.45) is 9.40. The number of carboxylic acids is 1. The van der Waals surface area contributed by atoms with Crippen molar-refractivity contribution in [3.8, 4) is 0 Å². The molecule has 1 aliphatic carbocycles. The van der Waals surface area contributed by atoms with E-state index in [0.717, 1.165) is 67.3 Å². The Bertz CT molecular complexity index is 3570. The van der Waals surface area contributed by atoms with Gasteiger partial charge in [-0.05, 0) is 157 Å². The highest BCUT2D eigenvalue weighted by molar-refractivity contribution is 6.01. The lowest BCUT2D eigenvalue weighted by Gasteiger charge is -2.47. The first-order valence-electron chi connectivity index (χ1n) is 36.7. The molecule has 3 aromatic carbocycles. The third-order valence-corrected chi connectivity index (χ3v) is 20.8. The molecule has 0 radical (unpaired) electrons. The van der Waals surface area contributed by atoms with Crippen LogP contribution in [0.25, 0.3) is 6.08 Å². The average Bonchev–Trinajstić information content (AvgIpc) is 0.837. The van der Waals surface area contributed by atoms with Gasteiger partial charge in [-0.25, -0.2) is 4.79 Å². The van der Waals surface area contributed by atoms with Gasteiger partial charge in [0.2, 0.25) is 59.1 Å². The standard InChI is InChI=1S/C80H119N11O13/c1-19-54-26-21-22-28-57(54)49-91(61-31-24-23-27-55(61)20-2)65(94)35-42-83-70(97)56-32-37-80(38-33-56)39-43-90(44-40-80)75(103)77(11,12)41-45-104-78(13,14)36-34-64(93)84-52(6)68(95)85-53(7)69(96)87-60(48-63(81)92)71(98)86-59-30-25-29-58(47-59)79(15,16)66(82-17)72(99)88-67(76(8,9)10)73(100)89(18)62(50(3)4)46-51(5)74(101)102/h19,21-31,46-47,50,52-53,56,60,62,66-67,82H,1,20,32-45,48-49H2,2-18H3,(H2,81,92)(H,83,97)(H,84,93)(H,85,95)(H,86,98)(H,87,96)(H,88,99)(H,101,102)/b51-46+. The number of nitrogens with zero attached hydrogens (tertiary/aromatic N) is 3. The van der Waals surface area contributed by atoms with Gasteiger partial charge in [-0.3, -0.25) is 47.9 Å². The molecule has 1 aliphatic heterocycles. The van der Waals surface area contributed by atoms with Crippen LogP contribution in [0, 0.1) is 28.1 Å². The Morgan fingerprint density at radius 2 is 1.35 bits per heavy atom. The Morgan fingerprint density at radius 3 is 1.93 bits per heavy atom. The van der Waals surface area contributed by atoms with Crippen molar-refractivity contribution in [2.24, 2.45) is 33.8 Å². The number of para-hydroxylation sites is 1. The molecule has 0 bridgehead atoms. The maximum atomic E-state index is 14.3. The van der Waals surface area contributed by atoms with Crippen LogP contribution in [-0.2, 0) is 75.9 Å². The van der Waals surface area contributed by atoms with Gasteiger partial charge in [0.1, 0.15) is 24.2 Å². The number of anilines is 2. The third-order valence-electron chi connectivity index (χ3n) is 20.8. The van der Waals surface area contributed by atoms with Crippen LogP contribution >= 0.6 is 0 Å². The molecule has 104 heavy (non-hydrogen) atoms. The largest absolute Gasteiger partial charge is 0.478 e. The van der Waals surface area contributed by atoms with Crippen molar-refractivity contribution in [2.45, 2.75) is 235 Å². The highest BCUT2D eigenvalue weighted by atomic mass is 16.5. The fraction of sp³-hybridized carbons (Fsp3) is 0.588. The molecule has 24 heteroatoms. The summed E-state index contributed by atoms with van der Waals surface area (Å²) in [6, 6.07) is 16.1. The molecule has 5 rings (SSSR count). The normalized spacial score (nSPS) is 16.1. The molecule has 2 fully saturated rings. The van der Waals surface area contributed by atoms with Gasteiger partial charge in [-0.15, -0.1) is 0 Å². The van der Waals surface area contributed by atoms with Crippen LogP contribution in [0.1, 0.15) is 197 Å². The lowest BCUT2D eigenvalue weighted by molar-refractivity contribution is -0.145. The molecular formula is C80H119N11O13. The smallest absolute Gasteiger partial charge is 0.331 e. The minimum atomic E-state index is -1.49. The summed E-state index contributed by atoms with van der Waals surface area (Å²) in [5.74, 6) is -6.03. The van der Waals surface area contributed by atoms with E-state index in [1.165, 1.54) is 31.7 Å². The quantitative estimate of drug-likeness (QED) is 0.0246. The van der Waals surface area contributed by atoms with E-state index in [1.807, 2.05) is 121 Å². The van der Waals surface area contributed by atoms with Crippen molar-refractivity contribution >= 4 is 82.5 Å². The number of nitrogens with two attached hydrogens (primary N) is 1. The number of likely N-dealkylation sites (tertiary alicyclic amines) is 1. The molecule has 10 amide bonds. The number of ether oxygens (including phenoxy) is 1. The predicted molar refractivity (Wildman–Crippen MR) is 405 cm³/mol. The molecule has 1 spiro atoms. The lowest BCUT2D eigenvalue weighted by Crippen LogP contribution is -2.61. The lowest BCUT2D eigenvalue weighted by atomic mass is 9.65. The van der Waals surface area contributed by atoms with Gasteiger partial charge in [0.05, 0.1) is 30.7 Å². The van der Waals surface area contributed by atoms with Crippen LogP contribution in [0.3, 0.4) is 0 Å². The molecule has 2 aliphatic rings. The summed E-state index contributed by atoms with van der Waals surface area (Å²) in [5.41, 5.74) is 7.13. The van der Waals surface area contributed by atoms with Crippen LogP contribution in [0.15, 0.2) is 91.0 Å². The van der Waals surface area contributed by atoms with Gasteiger partial charge < -0.3 is 67.5 Å². The maximum absolute atomic E-state index is 14.3. The number of likely N-dealkylation sites (N-methyl/N-ethyl adjacent to an activating group) is 2. The number of carbonyl (C=O) groups excluding carboxylic acids is 10. The number of primary amides is 1. The number of carbonyl (C=O) groups is 11. The van der Waals surface area contributed by atoms with E-state index in [2.05, 4.69) is 50.7 Å². The first-order valence-corrected chi connectivity index (χ1v) is 36.7. The Balaban J connectivity index is 1.04. The minimum Gasteiger partial charge on any atom is -0.478 e. The van der Waals surface area contributed by atoms with Crippen molar-refractivity contribution in [1.29, 1.82) is 0 Å². The van der Waals surface area contributed by atoms with Crippen LogP contribution in [0.5, 0.6) is 0 Å². The molecule has 3 aromatic rings. The van der Waals surface area contributed by atoms with Crippen LogP contribution < -0.4 is 47.9 Å². The Morgan fingerprint density at radius 1 is 0.740 bits per heavy atom. The molecule has 1 heterocycles. The molecule has 0 aromatic heterocycles. The number of aryl methyl sites for hydroxylation is 1. The summed E-state index contributed by atoms with van der Waals surface area (Å²) in [4.78, 5) is 153. The second kappa shape index (κ2) is 37.8. The van der Waals surface area contributed by atoms with Crippen molar-refractivity contribution in [2.75, 3.05) is 50.6 Å². The molecule has 24 nitrogen and oxygen atoms in total. The average molecular weight is 1440 g/mol.